The highest BCUT2D eigenvalue weighted by Crippen LogP contribution is 2.47. The lowest BCUT2D eigenvalue weighted by Crippen LogP contribution is -2.37. The van der Waals surface area contributed by atoms with Gasteiger partial charge in [-0.15, -0.1) is 0 Å². The minimum absolute atomic E-state index is 0.125. The number of halogens is 1. The third-order valence-corrected chi connectivity index (χ3v) is 4.39. The molecule has 9 heteroatoms. The fourth-order valence-electron chi connectivity index (χ4n) is 2.85. The maximum absolute atomic E-state index is 12.8. The van der Waals surface area contributed by atoms with Crippen molar-refractivity contribution in [1.82, 2.24) is 14.9 Å². The predicted octanol–water partition coefficient (Wildman–Crippen LogP) is 0.770. The molecule has 0 saturated heterocycles. The van der Waals surface area contributed by atoms with E-state index in [2.05, 4.69) is 22.2 Å². The summed E-state index contributed by atoms with van der Waals surface area (Å²) in [5.74, 6) is -1.40. The molecule has 0 spiro atoms. The zero-order chi connectivity index (χ0) is 19.6. The van der Waals surface area contributed by atoms with Crippen molar-refractivity contribution in [3.05, 3.63) is 47.5 Å². The summed E-state index contributed by atoms with van der Waals surface area (Å²) in [5, 5.41) is 2.31. The number of hydrogen-bond acceptors (Lipinski definition) is 5. The summed E-state index contributed by atoms with van der Waals surface area (Å²) >= 11 is 0. The van der Waals surface area contributed by atoms with E-state index in [1.54, 1.807) is 18.2 Å². The van der Waals surface area contributed by atoms with Gasteiger partial charge in [0.25, 0.3) is 5.91 Å². The lowest BCUT2D eigenvalue weighted by atomic mass is 9.89. The minimum atomic E-state index is -0.682. The average molecular weight is 366 g/mol. The largest absolute Gasteiger partial charge is 0.293 e. The Hall–Kier alpha value is -3.10. The number of benzene rings is 1. The molecule has 1 aromatic carbocycles. The number of rotatable bonds is 6. The van der Waals surface area contributed by atoms with E-state index in [1.165, 1.54) is 0 Å². The molecule has 1 aliphatic carbocycles. The number of anilines is 1. The van der Waals surface area contributed by atoms with Crippen molar-refractivity contribution in [2.24, 2.45) is 5.92 Å². The lowest BCUT2D eigenvalue weighted by Gasteiger charge is -2.17. The van der Waals surface area contributed by atoms with E-state index in [1.807, 2.05) is 0 Å². The summed E-state index contributed by atoms with van der Waals surface area (Å²) in [6, 6.07) is 4.88. The summed E-state index contributed by atoms with van der Waals surface area (Å²) in [4.78, 5) is 44.2. The summed E-state index contributed by atoms with van der Waals surface area (Å²) < 4.78 is 12.8. The molecule has 1 aliphatic rings. The van der Waals surface area contributed by atoms with Crippen LogP contribution in [0.15, 0.2) is 30.6 Å². The molecule has 2 aromatic rings. The zero-order valence-corrected chi connectivity index (χ0v) is 14.6. The quantitative estimate of drug-likeness (QED) is 0.602. The van der Waals surface area contributed by atoms with Crippen molar-refractivity contribution in [2.45, 2.75) is 19.3 Å². The third-order valence-electron chi connectivity index (χ3n) is 4.39. The number of hydrogen-bond donors (Lipinski definition) is 1. The van der Waals surface area contributed by atoms with Crippen LogP contribution in [0.1, 0.15) is 35.2 Å². The Morgan fingerprint density at radius 1 is 1.37 bits per heavy atom. The highest BCUT2D eigenvalue weighted by Gasteiger charge is 2.37. The van der Waals surface area contributed by atoms with Crippen LogP contribution in [-0.2, 0) is 9.59 Å². The molecule has 0 bridgehead atoms. The van der Waals surface area contributed by atoms with Crippen molar-refractivity contribution in [2.75, 3.05) is 11.9 Å². The first-order chi connectivity index (χ1) is 12.9. The number of amides is 3. The summed E-state index contributed by atoms with van der Waals surface area (Å²) in [6.07, 6.45) is 3.02. The number of imide groups is 1. The maximum atomic E-state index is 12.8. The van der Waals surface area contributed by atoms with Crippen LogP contribution in [0.5, 0.6) is 0 Å². The molecule has 136 valence electrons. The van der Waals surface area contributed by atoms with Gasteiger partial charge in [0, 0.05) is 5.56 Å². The Morgan fingerprint density at radius 2 is 2.04 bits per heavy atom. The zero-order valence-electron chi connectivity index (χ0n) is 14.6. The number of aromatic nitrogens is 2. The average Bonchev–Trinajstić information content (AvgIpc) is 3.37. The molecule has 2 atom stereocenters. The van der Waals surface area contributed by atoms with Gasteiger partial charge >= 0.3 is 0 Å². The molecule has 1 aromatic heterocycles. The highest BCUT2D eigenvalue weighted by molar-refractivity contribution is 6.32. The van der Waals surface area contributed by atoms with E-state index in [9.17, 15) is 18.8 Å². The van der Waals surface area contributed by atoms with E-state index in [4.69, 9.17) is 7.85 Å². The fraction of sp³-hybridized carbons (Fsp3) is 0.278. The monoisotopic (exact) mass is 366 g/mol. The Balaban J connectivity index is 1.73. The van der Waals surface area contributed by atoms with Crippen LogP contribution >= 0.6 is 0 Å². The van der Waals surface area contributed by atoms with E-state index in [0.29, 0.717) is 23.4 Å². The van der Waals surface area contributed by atoms with E-state index in [0.717, 1.165) is 29.3 Å². The van der Waals surface area contributed by atoms with Gasteiger partial charge < -0.3 is 0 Å². The second-order valence-corrected chi connectivity index (χ2v) is 6.48. The summed E-state index contributed by atoms with van der Waals surface area (Å²) in [5.41, 5.74) is 1.66. The Labute approximate surface area is 156 Å². The first-order valence-electron chi connectivity index (χ1n) is 8.32. The second-order valence-electron chi connectivity index (χ2n) is 6.48. The Bertz CT molecular complexity index is 891. The molecule has 1 heterocycles. The van der Waals surface area contributed by atoms with Crippen molar-refractivity contribution < 1.29 is 18.8 Å². The first-order valence-corrected chi connectivity index (χ1v) is 8.32. The standard InChI is InChI=1S/C18H16BFN4O3/c1-10-4-14(10)15-5-11(19)2-3-13(15)17(27)24(9-25)8-16(26)23-18-21-6-12(20)7-22-18/h2-3,5-7,9-10,14H,4,8H2,1H3,(H,21,22,23,26)/t10-,14+/m0/s1. The molecule has 3 rings (SSSR count). The molecule has 1 saturated carbocycles. The van der Waals surface area contributed by atoms with Gasteiger partial charge in [-0.3, -0.25) is 24.6 Å². The molecule has 27 heavy (non-hydrogen) atoms. The summed E-state index contributed by atoms with van der Waals surface area (Å²) in [6.45, 7) is 1.54. The predicted molar refractivity (Wildman–Crippen MR) is 96.1 cm³/mol. The SMILES string of the molecule is [B]c1ccc(C(=O)N(C=O)CC(=O)Nc2ncc(F)cn2)c([C@@H]2C[C@@H]2C)c1. The normalized spacial score (nSPS) is 17.9. The van der Waals surface area contributed by atoms with Crippen LogP contribution in [0.25, 0.3) is 0 Å². The molecule has 0 aliphatic heterocycles. The number of carbonyl (C=O) groups is 3. The van der Waals surface area contributed by atoms with Crippen LogP contribution in [0.4, 0.5) is 10.3 Å². The Morgan fingerprint density at radius 3 is 2.63 bits per heavy atom. The maximum Gasteiger partial charge on any atom is 0.261 e. The van der Waals surface area contributed by atoms with E-state index < -0.39 is 24.2 Å². The third kappa shape index (κ3) is 4.36. The van der Waals surface area contributed by atoms with Gasteiger partial charge in [0.2, 0.25) is 18.3 Å². The molecule has 3 amide bonds. The van der Waals surface area contributed by atoms with Gasteiger partial charge in [0.05, 0.1) is 12.4 Å². The van der Waals surface area contributed by atoms with Crippen molar-refractivity contribution in [3.63, 3.8) is 0 Å². The van der Waals surface area contributed by atoms with Gasteiger partial charge in [-0.05, 0) is 29.9 Å². The Kier molecular flexibility index (Phi) is 5.29. The van der Waals surface area contributed by atoms with Crippen molar-refractivity contribution in [1.29, 1.82) is 0 Å². The molecule has 1 N–H and O–H groups in total. The molecule has 0 unspecified atom stereocenters. The fourth-order valence-corrected chi connectivity index (χ4v) is 2.85. The van der Waals surface area contributed by atoms with Gasteiger partial charge in [-0.2, -0.15) is 0 Å². The molecule has 7 nitrogen and oxygen atoms in total. The van der Waals surface area contributed by atoms with Gasteiger partial charge in [-0.1, -0.05) is 24.5 Å². The van der Waals surface area contributed by atoms with Crippen molar-refractivity contribution in [3.8, 4) is 0 Å². The number of nitrogens with zero attached hydrogens (tertiary/aromatic N) is 3. The van der Waals surface area contributed by atoms with Gasteiger partial charge in [-0.25, -0.2) is 14.4 Å². The number of nitrogens with one attached hydrogen (secondary N) is 1. The van der Waals surface area contributed by atoms with E-state index >= 15 is 0 Å². The van der Waals surface area contributed by atoms with Crippen LogP contribution in [0.3, 0.4) is 0 Å². The summed E-state index contributed by atoms with van der Waals surface area (Å²) in [7, 11) is 5.83. The van der Waals surface area contributed by atoms with E-state index in [-0.39, 0.29) is 11.9 Å². The minimum Gasteiger partial charge on any atom is -0.293 e. The molecular weight excluding hydrogens is 350 g/mol. The molecule has 2 radical (unpaired) electrons. The topological polar surface area (TPSA) is 92.3 Å². The highest BCUT2D eigenvalue weighted by atomic mass is 19.1. The van der Waals surface area contributed by atoms with Gasteiger partial charge in [0.15, 0.2) is 5.82 Å². The van der Waals surface area contributed by atoms with Crippen LogP contribution < -0.4 is 10.8 Å². The smallest absolute Gasteiger partial charge is 0.261 e. The molecule has 1 fully saturated rings. The number of carbonyl (C=O) groups excluding carboxylic acids is 3. The van der Waals surface area contributed by atoms with Crippen LogP contribution in [-0.4, -0.2) is 47.5 Å². The van der Waals surface area contributed by atoms with Crippen LogP contribution in [0.2, 0.25) is 0 Å². The van der Waals surface area contributed by atoms with Crippen LogP contribution in [0, 0.1) is 11.7 Å². The van der Waals surface area contributed by atoms with Gasteiger partial charge in [0.1, 0.15) is 14.4 Å². The second kappa shape index (κ2) is 7.65. The van der Waals surface area contributed by atoms with Crippen molar-refractivity contribution >= 4 is 37.5 Å². The lowest BCUT2D eigenvalue weighted by molar-refractivity contribution is -0.123. The molecular formula is C18H16BFN4O3. The first kappa shape index (κ1) is 18.7.